The molecule has 1 N–H and O–H groups in total. The zero-order chi connectivity index (χ0) is 22.7. The Morgan fingerprint density at radius 1 is 1.23 bits per heavy atom. The molecular weight excluding hydrogens is 484 g/mol. The van der Waals surface area contributed by atoms with Gasteiger partial charge in [0.1, 0.15) is 11.5 Å². The number of hydrogen-bond acceptors (Lipinski definition) is 5. The van der Waals surface area contributed by atoms with Crippen LogP contribution in [0, 0.1) is 0 Å². The van der Waals surface area contributed by atoms with Crippen LogP contribution in [-0.2, 0) is 9.59 Å². The first kappa shape index (κ1) is 23.3. The van der Waals surface area contributed by atoms with E-state index in [1.807, 2.05) is 43.3 Å². The van der Waals surface area contributed by atoms with Crippen LogP contribution in [0.2, 0.25) is 5.02 Å². The van der Waals surface area contributed by atoms with Crippen molar-refractivity contribution in [1.29, 1.82) is 0 Å². The Morgan fingerprint density at radius 2 is 1.97 bits per heavy atom. The van der Waals surface area contributed by atoms with Crippen molar-refractivity contribution in [2.45, 2.75) is 12.5 Å². The van der Waals surface area contributed by atoms with Crippen molar-refractivity contribution in [2.75, 3.05) is 34.3 Å². The first-order valence-corrected chi connectivity index (χ1v) is 10.9. The Labute approximate surface area is 195 Å². The molecule has 0 spiro atoms. The number of carbonyl (C=O) groups is 2. The van der Waals surface area contributed by atoms with Crippen molar-refractivity contribution in [3.05, 3.63) is 68.7 Å². The summed E-state index contributed by atoms with van der Waals surface area (Å²) in [4.78, 5) is 29.5. The molecule has 1 unspecified atom stereocenters. The van der Waals surface area contributed by atoms with Crippen LogP contribution >= 0.6 is 27.5 Å². The number of rotatable bonds is 7. The maximum atomic E-state index is 13.0. The molecule has 0 saturated carbocycles. The summed E-state index contributed by atoms with van der Waals surface area (Å²) in [5, 5.41) is 11.4. The molecule has 2 aromatic carbocycles. The van der Waals surface area contributed by atoms with Gasteiger partial charge in [0.25, 0.3) is 11.7 Å². The molecule has 2 aromatic rings. The predicted octanol–water partition coefficient (Wildman–Crippen LogP) is 4.48. The lowest BCUT2D eigenvalue weighted by Gasteiger charge is -2.26. The number of carbonyl (C=O) groups excluding carboxylic acids is 2. The molecule has 8 heteroatoms. The highest BCUT2D eigenvalue weighted by Gasteiger charge is 2.45. The molecule has 1 aliphatic rings. The summed E-state index contributed by atoms with van der Waals surface area (Å²) in [6.45, 7) is 1.16. The van der Waals surface area contributed by atoms with Crippen LogP contribution in [-0.4, -0.2) is 60.9 Å². The second kappa shape index (κ2) is 9.85. The van der Waals surface area contributed by atoms with Crippen LogP contribution < -0.4 is 4.74 Å². The Bertz CT molecular complexity index is 1040. The molecule has 31 heavy (non-hydrogen) atoms. The van der Waals surface area contributed by atoms with Gasteiger partial charge in [-0.15, -0.1) is 0 Å². The molecule has 1 saturated heterocycles. The average molecular weight is 508 g/mol. The number of aliphatic hydroxyl groups excluding tert-OH is 1. The summed E-state index contributed by atoms with van der Waals surface area (Å²) in [6.07, 6.45) is 0.693. The van der Waals surface area contributed by atoms with Gasteiger partial charge in [-0.1, -0.05) is 39.7 Å². The van der Waals surface area contributed by atoms with E-state index >= 15 is 0 Å². The molecule has 1 aliphatic heterocycles. The van der Waals surface area contributed by atoms with Crippen molar-refractivity contribution >= 4 is 45.0 Å². The van der Waals surface area contributed by atoms with E-state index in [2.05, 4.69) is 15.9 Å². The summed E-state index contributed by atoms with van der Waals surface area (Å²) in [5.41, 5.74) is 1.13. The van der Waals surface area contributed by atoms with Gasteiger partial charge in [0.05, 0.1) is 23.7 Å². The van der Waals surface area contributed by atoms with Gasteiger partial charge in [0.2, 0.25) is 0 Å². The van der Waals surface area contributed by atoms with E-state index in [9.17, 15) is 14.7 Å². The SMILES string of the molecule is COc1ccc(C(O)=C2C(=O)C(=O)N(CCCN(C)C)C2c2cccc(Br)c2)cc1Cl. The van der Waals surface area contributed by atoms with Crippen LogP contribution in [0.15, 0.2) is 52.5 Å². The standard InChI is InChI=1S/C23H24BrClN2O4/c1-26(2)10-5-11-27-20(14-6-4-7-16(24)12-14)19(22(29)23(27)30)21(28)15-8-9-18(31-3)17(25)13-15/h4,6-9,12-13,20,28H,5,10-11H2,1-3H3. The number of hydrogen-bond donors (Lipinski definition) is 1. The van der Waals surface area contributed by atoms with Crippen LogP contribution in [0.5, 0.6) is 5.75 Å². The third-order valence-electron chi connectivity index (χ3n) is 5.13. The largest absolute Gasteiger partial charge is 0.507 e. The molecular formula is C23H24BrClN2O4. The summed E-state index contributed by atoms with van der Waals surface area (Å²) in [5.74, 6) is -1.14. The summed E-state index contributed by atoms with van der Waals surface area (Å²) >= 11 is 9.67. The highest BCUT2D eigenvalue weighted by molar-refractivity contribution is 9.10. The Hall–Kier alpha value is -2.35. The molecule has 1 atom stereocenters. The van der Waals surface area contributed by atoms with Crippen molar-refractivity contribution in [2.24, 2.45) is 0 Å². The van der Waals surface area contributed by atoms with Crippen LogP contribution in [0.1, 0.15) is 23.6 Å². The third-order valence-corrected chi connectivity index (χ3v) is 5.92. The summed E-state index contributed by atoms with van der Waals surface area (Å²) in [6, 6.07) is 11.4. The Balaban J connectivity index is 2.11. The number of benzene rings is 2. The van der Waals surface area contributed by atoms with Crippen molar-refractivity contribution < 1.29 is 19.4 Å². The van der Waals surface area contributed by atoms with Crippen LogP contribution in [0.4, 0.5) is 0 Å². The highest BCUT2D eigenvalue weighted by Crippen LogP contribution is 2.40. The number of ketones is 1. The zero-order valence-corrected chi connectivity index (χ0v) is 19.9. The van der Waals surface area contributed by atoms with Gasteiger partial charge in [-0.25, -0.2) is 0 Å². The number of ether oxygens (including phenoxy) is 1. The van der Waals surface area contributed by atoms with Gasteiger partial charge in [-0.2, -0.15) is 0 Å². The lowest BCUT2D eigenvalue weighted by Crippen LogP contribution is -2.32. The van der Waals surface area contributed by atoms with Gasteiger partial charge in [-0.05, 0) is 63.0 Å². The third kappa shape index (κ3) is 4.95. The quantitative estimate of drug-likeness (QED) is 0.340. The van der Waals surface area contributed by atoms with E-state index in [1.54, 1.807) is 12.1 Å². The fourth-order valence-electron chi connectivity index (χ4n) is 3.66. The normalized spacial score (nSPS) is 18.1. The maximum absolute atomic E-state index is 13.0. The molecule has 1 fully saturated rings. The van der Waals surface area contributed by atoms with Crippen molar-refractivity contribution in [3.63, 3.8) is 0 Å². The van der Waals surface area contributed by atoms with E-state index in [4.69, 9.17) is 16.3 Å². The minimum Gasteiger partial charge on any atom is -0.507 e. The Morgan fingerprint density at radius 3 is 2.58 bits per heavy atom. The molecule has 3 rings (SSSR count). The molecule has 0 bridgehead atoms. The number of aliphatic hydroxyl groups is 1. The van der Waals surface area contributed by atoms with E-state index in [-0.39, 0.29) is 11.3 Å². The molecule has 0 radical (unpaired) electrons. The highest BCUT2D eigenvalue weighted by atomic mass is 79.9. The molecule has 164 valence electrons. The van der Waals surface area contributed by atoms with Gasteiger partial charge in [0, 0.05) is 16.6 Å². The minimum absolute atomic E-state index is 0.0502. The summed E-state index contributed by atoms with van der Waals surface area (Å²) in [7, 11) is 5.40. The molecule has 1 heterocycles. The molecule has 6 nitrogen and oxygen atoms in total. The lowest BCUT2D eigenvalue weighted by molar-refractivity contribution is -0.139. The fourth-order valence-corrected chi connectivity index (χ4v) is 4.33. The maximum Gasteiger partial charge on any atom is 0.295 e. The van der Waals surface area contributed by atoms with E-state index in [0.29, 0.717) is 29.3 Å². The monoisotopic (exact) mass is 506 g/mol. The van der Waals surface area contributed by atoms with Gasteiger partial charge in [-0.3, -0.25) is 9.59 Å². The van der Waals surface area contributed by atoms with Gasteiger partial charge < -0.3 is 19.6 Å². The number of nitrogens with zero attached hydrogens (tertiary/aromatic N) is 2. The van der Waals surface area contributed by atoms with Gasteiger partial charge in [0.15, 0.2) is 0 Å². The Kier molecular flexibility index (Phi) is 7.41. The van der Waals surface area contributed by atoms with Gasteiger partial charge >= 0.3 is 0 Å². The van der Waals surface area contributed by atoms with Crippen LogP contribution in [0.25, 0.3) is 5.76 Å². The second-order valence-electron chi connectivity index (χ2n) is 7.55. The first-order valence-electron chi connectivity index (χ1n) is 9.77. The van der Waals surface area contributed by atoms with Crippen molar-refractivity contribution in [1.82, 2.24) is 9.80 Å². The predicted molar refractivity (Wildman–Crippen MR) is 124 cm³/mol. The van der Waals surface area contributed by atoms with Crippen LogP contribution in [0.3, 0.4) is 0 Å². The number of halogens is 2. The topological polar surface area (TPSA) is 70.1 Å². The van der Waals surface area contributed by atoms with Crippen molar-refractivity contribution in [3.8, 4) is 5.75 Å². The molecule has 1 amide bonds. The molecule has 0 aromatic heterocycles. The minimum atomic E-state index is -0.709. The number of methoxy groups -OCH3 is 1. The summed E-state index contributed by atoms with van der Waals surface area (Å²) < 4.78 is 5.98. The number of amides is 1. The van der Waals surface area contributed by atoms with E-state index in [0.717, 1.165) is 16.6 Å². The number of Topliss-reactive ketones (excluding diaryl/α,β-unsaturated/α-hetero) is 1. The molecule has 0 aliphatic carbocycles. The zero-order valence-electron chi connectivity index (χ0n) is 17.6. The first-order chi connectivity index (χ1) is 14.7. The fraction of sp³-hybridized carbons (Fsp3) is 0.304. The average Bonchev–Trinajstić information content (AvgIpc) is 2.98. The lowest BCUT2D eigenvalue weighted by atomic mass is 9.95. The second-order valence-corrected chi connectivity index (χ2v) is 8.88. The van der Waals surface area contributed by atoms with E-state index < -0.39 is 17.7 Å². The smallest absolute Gasteiger partial charge is 0.295 e. The number of likely N-dealkylation sites (tertiary alicyclic amines) is 1. The van der Waals surface area contributed by atoms with E-state index in [1.165, 1.54) is 18.1 Å².